The Bertz CT molecular complexity index is 985. The second kappa shape index (κ2) is 9.82. The lowest BCUT2D eigenvalue weighted by molar-refractivity contribution is 0.297. The number of rotatable bonds is 6. The average Bonchev–Trinajstić information content (AvgIpc) is 3.16. The van der Waals surface area contributed by atoms with E-state index in [1.165, 1.54) is 11.1 Å². The summed E-state index contributed by atoms with van der Waals surface area (Å²) in [6.45, 7) is 5.46. The van der Waals surface area contributed by atoms with Crippen molar-refractivity contribution in [3.8, 4) is 11.5 Å². The first kappa shape index (κ1) is 19.8. The van der Waals surface area contributed by atoms with Crippen molar-refractivity contribution in [2.45, 2.75) is 26.4 Å². The van der Waals surface area contributed by atoms with Gasteiger partial charge < -0.3 is 20.1 Å². The van der Waals surface area contributed by atoms with Crippen molar-refractivity contribution < 1.29 is 9.47 Å². The lowest BCUT2D eigenvalue weighted by atomic mass is 10.1. The molecule has 2 heterocycles. The van der Waals surface area contributed by atoms with Crippen molar-refractivity contribution in [3.05, 3.63) is 72.1 Å². The van der Waals surface area contributed by atoms with E-state index < -0.39 is 0 Å². The van der Waals surface area contributed by atoms with Gasteiger partial charge in [-0.1, -0.05) is 24.3 Å². The number of ether oxygens (including phenoxy) is 2. The van der Waals surface area contributed by atoms with E-state index in [2.05, 4.69) is 34.8 Å². The second-order valence-corrected chi connectivity index (χ2v) is 7.00. The van der Waals surface area contributed by atoms with E-state index in [9.17, 15) is 0 Å². The van der Waals surface area contributed by atoms with Crippen molar-refractivity contribution >= 4 is 11.6 Å². The molecule has 1 aliphatic heterocycles. The number of fused-ring (bicyclic) bond motifs is 1. The number of aliphatic imine (C=N–C) groups is 1. The van der Waals surface area contributed by atoms with Gasteiger partial charge in [0.05, 0.1) is 26.3 Å². The molecular weight excluding hydrogens is 378 g/mol. The van der Waals surface area contributed by atoms with Crippen molar-refractivity contribution in [1.29, 1.82) is 0 Å². The lowest BCUT2D eigenvalue weighted by Gasteiger charge is -2.14. The smallest absolute Gasteiger partial charge is 0.196 e. The van der Waals surface area contributed by atoms with Gasteiger partial charge in [-0.25, -0.2) is 4.99 Å². The quantitative estimate of drug-likeness (QED) is 0.484. The number of hydrogen-bond donors (Lipinski definition) is 2. The molecule has 0 spiro atoms. The first-order valence-corrected chi connectivity index (χ1v) is 10.3. The molecule has 0 bridgehead atoms. The van der Waals surface area contributed by atoms with Crippen LogP contribution in [0, 0.1) is 0 Å². The predicted octanol–water partition coefficient (Wildman–Crippen LogP) is 3.67. The molecule has 3 aromatic rings. The van der Waals surface area contributed by atoms with Crippen LogP contribution < -0.4 is 20.1 Å². The lowest BCUT2D eigenvalue weighted by Crippen LogP contribution is -2.30. The van der Waals surface area contributed by atoms with E-state index in [4.69, 9.17) is 14.5 Å². The van der Waals surface area contributed by atoms with Crippen molar-refractivity contribution in [2.24, 2.45) is 4.99 Å². The highest BCUT2D eigenvalue weighted by Gasteiger charge is 2.11. The SMILES string of the molecule is CCNC(=NCc1ccccc1Cn1cccn1)Nc1ccc2c(c1)OCCCO2. The van der Waals surface area contributed by atoms with Crippen molar-refractivity contribution in [1.82, 2.24) is 15.1 Å². The summed E-state index contributed by atoms with van der Waals surface area (Å²) in [6.07, 6.45) is 4.65. The van der Waals surface area contributed by atoms with Crippen molar-refractivity contribution in [3.63, 3.8) is 0 Å². The maximum Gasteiger partial charge on any atom is 0.196 e. The maximum absolute atomic E-state index is 5.79. The third kappa shape index (κ3) is 5.11. The van der Waals surface area contributed by atoms with E-state index in [0.717, 1.165) is 42.7 Å². The van der Waals surface area contributed by atoms with Crippen LogP contribution in [0.3, 0.4) is 0 Å². The molecule has 2 N–H and O–H groups in total. The zero-order valence-electron chi connectivity index (χ0n) is 17.2. The van der Waals surface area contributed by atoms with E-state index in [0.29, 0.717) is 19.8 Å². The summed E-state index contributed by atoms with van der Waals surface area (Å²) in [4.78, 5) is 4.79. The van der Waals surface area contributed by atoms with Gasteiger partial charge in [0.2, 0.25) is 0 Å². The van der Waals surface area contributed by atoms with Crippen LogP contribution in [-0.2, 0) is 13.1 Å². The van der Waals surface area contributed by atoms with Gasteiger partial charge in [-0.2, -0.15) is 5.10 Å². The minimum atomic E-state index is 0.567. The van der Waals surface area contributed by atoms with Gasteiger partial charge in [0.1, 0.15) is 0 Å². The molecule has 1 aromatic heterocycles. The summed E-state index contributed by atoms with van der Waals surface area (Å²) < 4.78 is 13.4. The number of hydrogen-bond acceptors (Lipinski definition) is 4. The molecule has 0 radical (unpaired) electrons. The van der Waals surface area contributed by atoms with Crippen LogP contribution in [0.1, 0.15) is 24.5 Å². The minimum absolute atomic E-state index is 0.567. The Kier molecular flexibility index (Phi) is 6.49. The maximum atomic E-state index is 5.79. The topological polar surface area (TPSA) is 72.7 Å². The predicted molar refractivity (Wildman–Crippen MR) is 118 cm³/mol. The monoisotopic (exact) mass is 405 g/mol. The highest BCUT2D eigenvalue weighted by Crippen LogP contribution is 2.32. The van der Waals surface area contributed by atoms with Crippen LogP contribution in [0.15, 0.2) is 65.9 Å². The summed E-state index contributed by atoms with van der Waals surface area (Å²) in [7, 11) is 0. The molecule has 4 rings (SSSR count). The van der Waals surface area contributed by atoms with Gasteiger partial charge in [0.25, 0.3) is 0 Å². The Balaban J connectivity index is 1.49. The van der Waals surface area contributed by atoms with Crippen LogP contribution in [0.25, 0.3) is 0 Å². The third-order valence-electron chi connectivity index (χ3n) is 4.77. The summed E-state index contributed by atoms with van der Waals surface area (Å²) in [5.74, 6) is 2.27. The standard InChI is InChI=1S/C23H27N5O2/c1-2-24-23(27-20-9-10-21-22(15-20)30-14-6-13-29-21)25-16-18-7-3-4-8-19(18)17-28-12-5-11-26-28/h3-5,7-12,15H,2,6,13-14,16-17H2,1H3,(H2,24,25,27). The summed E-state index contributed by atoms with van der Waals surface area (Å²) in [5.41, 5.74) is 3.28. The van der Waals surface area contributed by atoms with Crippen LogP contribution in [0.4, 0.5) is 5.69 Å². The molecule has 0 saturated carbocycles. The minimum Gasteiger partial charge on any atom is -0.490 e. The molecule has 1 aliphatic rings. The van der Waals surface area contributed by atoms with Crippen LogP contribution >= 0.6 is 0 Å². The number of nitrogens with zero attached hydrogens (tertiary/aromatic N) is 3. The molecule has 0 aliphatic carbocycles. The Hall–Kier alpha value is -3.48. The van der Waals surface area contributed by atoms with E-state index in [-0.39, 0.29) is 0 Å². The van der Waals surface area contributed by atoms with Crippen LogP contribution in [-0.4, -0.2) is 35.5 Å². The van der Waals surface area contributed by atoms with Gasteiger partial charge in [-0.05, 0) is 36.2 Å². The molecule has 0 atom stereocenters. The fourth-order valence-corrected chi connectivity index (χ4v) is 3.28. The number of guanidine groups is 1. The molecule has 156 valence electrons. The fourth-order valence-electron chi connectivity index (χ4n) is 3.28. The Morgan fingerprint density at radius 3 is 2.70 bits per heavy atom. The Morgan fingerprint density at radius 2 is 1.90 bits per heavy atom. The van der Waals surface area contributed by atoms with Gasteiger partial charge in [0, 0.05) is 37.1 Å². The fraction of sp³-hybridized carbons (Fsp3) is 0.304. The third-order valence-corrected chi connectivity index (χ3v) is 4.77. The highest BCUT2D eigenvalue weighted by molar-refractivity contribution is 5.93. The van der Waals surface area contributed by atoms with Crippen molar-refractivity contribution in [2.75, 3.05) is 25.1 Å². The Morgan fingerprint density at radius 1 is 1.07 bits per heavy atom. The molecule has 7 nitrogen and oxygen atoms in total. The number of benzene rings is 2. The van der Waals surface area contributed by atoms with Gasteiger partial charge in [-0.15, -0.1) is 0 Å². The van der Waals surface area contributed by atoms with Gasteiger partial charge >= 0.3 is 0 Å². The van der Waals surface area contributed by atoms with Crippen LogP contribution in [0.2, 0.25) is 0 Å². The summed E-state index contributed by atoms with van der Waals surface area (Å²) >= 11 is 0. The molecular formula is C23H27N5O2. The number of aromatic nitrogens is 2. The van der Waals surface area contributed by atoms with E-state index in [1.807, 2.05) is 47.3 Å². The first-order valence-electron chi connectivity index (χ1n) is 10.3. The number of anilines is 1. The summed E-state index contributed by atoms with van der Waals surface area (Å²) in [5, 5.41) is 11.0. The average molecular weight is 406 g/mol. The molecule has 0 fully saturated rings. The normalized spacial score (nSPS) is 13.6. The first-order chi connectivity index (χ1) is 14.8. The Labute approximate surface area is 176 Å². The van der Waals surface area contributed by atoms with Gasteiger partial charge in [-0.3, -0.25) is 4.68 Å². The highest BCUT2D eigenvalue weighted by atomic mass is 16.5. The summed E-state index contributed by atoms with van der Waals surface area (Å²) in [6, 6.07) is 16.1. The van der Waals surface area contributed by atoms with E-state index >= 15 is 0 Å². The molecule has 7 heteroatoms. The number of nitrogens with one attached hydrogen (secondary N) is 2. The second-order valence-electron chi connectivity index (χ2n) is 7.00. The molecule has 0 amide bonds. The molecule has 0 saturated heterocycles. The molecule has 30 heavy (non-hydrogen) atoms. The zero-order chi connectivity index (χ0) is 20.6. The zero-order valence-corrected chi connectivity index (χ0v) is 17.2. The molecule has 2 aromatic carbocycles. The van der Waals surface area contributed by atoms with E-state index in [1.54, 1.807) is 6.20 Å². The van der Waals surface area contributed by atoms with Gasteiger partial charge in [0.15, 0.2) is 17.5 Å². The largest absolute Gasteiger partial charge is 0.490 e. The van der Waals surface area contributed by atoms with Crippen LogP contribution in [0.5, 0.6) is 11.5 Å². The molecule has 0 unspecified atom stereocenters.